The predicted molar refractivity (Wildman–Crippen MR) is 74.4 cm³/mol. The molecule has 1 aromatic rings. The van der Waals surface area contributed by atoms with Crippen molar-refractivity contribution < 1.29 is 9.50 Å². The van der Waals surface area contributed by atoms with E-state index in [1.54, 1.807) is 0 Å². The molecule has 1 atom stereocenters. The molecule has 1 saturated heterocycles. The largest absolute Gasteiger partial charge is 0.395 e. The highest BCUT2D eigenvalue weighted by atomic mass is 19.1. The van der Waals surface area contributed by atoms with Crippen molar-refractivity contribution in [3.05, 3.63) is 35.6 Å². The molecule has 0 saturated carbocycles. The smallest absolute Gasteiger partial charge is 0.123 e. The van der Waals surface area contributed by atoms with Crippen molar-refractivity contribution in [3.63, 3.8) is 0 Å². The van der Waals surface area contributed by atoms with Gasteiger partial charge in [-0.25, -0.2) is 4.39 Å². The zero-order valence-corrected chi connectivity index (χ0v) is 11.3. The third kappa shape index (κ3) is 4.56. The SMILES string of the molecule is OCCNC1CCCCN1CCc1ccc(F)cc1. The Kier molecular flexibility index (Phi) is 5.76. The minimum Gasteiger partial charge on any atom is -0.395 e. The van der Waals surface area contributed by atoms with Gasteiger partial charge in [0.15, 0.2) is 0 Å². The van der Waals surface area contributed by atoms with E-state index in [0.717, 1.165) is 25.9 Å². The zero-order valence-electron chi connectivity index (χ0n) is 11.3. The molecule has 1 aliphatic heterocycles. The number of rotatable bonds is 6. The molecule has 19 heavy (non-hydrogen) atoms. The zero-order chi connectivity index (χ0) is 13.5. The Bertz CT molecular complexity index is 369. The molecular weight excluding hydrogens is 243 g/mol. The molecule has 1 unspecified atom stereocenters. The predicted octanol–water partition coefficient (Wildman–Crippen LogP) is 1.76. The quantitative estimate of drug-likeness (QED) is 0.823. The Hall–Kier alpha value is -0.970. The number of benzene rings is 1. The lowest BCUT2D eigenvalue weighted by Crippen LogP contribution is -2.50. The van der Waals surface area contributed by atoms with Gasteiger partial charge in [-0.1, -0.05) is 12.1 Å². The van der Waals surface area contributed by atoms with E-state index < -0.39 is 0 Å². The van der Waals surface area contributed by atoms with Crippen LogP contribution in [-0.4, -0.2) is 42.4 Å². The van der Waals surface area contributed by atoms with E-state index in [2.05, 4.69) is 10.2 Å². The standard InChI is InChI=1S/C15H23FN2O/c16-14-6-4-13(5-7-14)8-11-18-10-2-1-3-15(18)17-9-12-19/h4-7,15,17,19H,1-3,8-12H2. The van der Waals surface area contributed by atoms with Gasteiger partial charge in [-0.05, 0) is 49.9 Å². The summed E-state index contributed by atoms with van der Waals surface area (Å²) in [6, 6.07) is 6.75. The van der Waals surface area contributed by atoms with Gasteiger partial charge in [0.2, 0.25) is 0 Å². The summed E-state index contributed by atoms with van der Waals surface area (Å²) in [5.74, 6) is -0.177. The molecule has 2 rings (SSSR count). The molecule has 1 aliphatic rings. The number of aliphatic hydroxyl groups excluding tert-OH is 1. The second-order valence-electron chi connectivity index (χ2n) is 5.10. The topological polar surface area (TPSA) is 35.5 Å². The summed E-state index contributed by atoms with van der Waals surface area (Å²) in [4.78, 5) is 2.43. The maximum atomic E-state index is 12.8. The third-order valence-electron chi connectivity index (χ3n) is 3.71. The fourth-order valence-corrected chi connectivity index (χ4v) is 2.64. The lowest BCUT2D eigenvalue weighted by atomic mass is 10.1. The maximum Gasteiger partial charge on any atom is 0.123 e. The first-order valence-electron chi connectivity index (χ1n) is 7.12. The van der Waals surface area contributed by atoms with Crippen LogP contribution in [0.1, 0.15) is 24.8 Å². The number of aliphatic hydroxyl groups is 1. The summed E-state index contributed by atoms with van der Waals surface area (Å²) in [7, 11) is 0. The molecule has 1 heterocycles. The first kappa shape index (κ1) is 14.4. The fourth-order valence-electron chi connectivity index (χ4n) is 2.64. The van der Waals surface area contributed by atoms with E-state index in [1.165, 1.54) is 30.5 Å². The summed E-state index contributed by atoms with van der Waals surface area (Å²) in [6.07, 6.45) is 4.94. The third-order valence-corrected chi connectivity index (χ3v) is 3.71. The van der Waals surface area contributed by atoms with Crippen LogP contribution >= 0.6 is 0 Å². The van der Waals surface area contributed by atoms with Crippen molar-refractivity contribution in [2.75, 3.05) is 26.2 Å². The molecule has 2 N–H and O–H groups in total. The Balaban J connectivity index is 1.83. The number of halogens is 1. The average molecular weight is 266 g/mol. The van der Waals surface area contributed by atoms with Crippen molar-refractivity contribution in [2.24, 2.45) is 0 Å². The van der Waals surface area contributed by atoms with E-state index in [-0.39, 0.29) is 12.4 Å². The molecule has 1 fully saturated rings. The number of nitrogens with one attached hydrogen (secondary N) is 1. The summed E-state index contributed by atoms with van der Waals surface area (Å²) in [5.41, 5.74) is 1.17. The lowest BCUT2D eigenvalue weighted by molar-refractivity contribution is 0.116. The molecule has 0 amide bonds. The Morgan fingerprint density at radius 2 is 2.05 bits per heavy atom. The van der Waals surface area contributed by atoms with Crippen LogP contribution in [0, 0.1) is 5.82 Å². The molecule has 1 aromatic carbocycles. The van der Waals surface area contributed by atoms with Gasteiger partial charge < -0.3 is 5.11 Å². The molecular formula is C15H23FN2O. The Morgan fingerprint density at radius 1 is 1.26 bits per heavy atom. The van der Waals surface area contributed by atoms with Gasteiger partial charge in [0.1, 0.15) is 5.82 Å². The second kappa shape index (κ2) is 7.58. The summed E-state index contributed by atoms with van der Waals surface area (Å²) < 4.78 is 12.8. The lowest BCUT2D eigenvalue weighted by Gasteiger charge is -2.36. The molecule has 106 valence electrons. The van der Waals surface area contributed by atoms with Crippen LogP contribution in [0.15, 0.2) is 24.3 Å². The van der Waals surface area contributed by atoms with Crippen LogP contribution < -0.4 is 5.32 Å². The number of piperidine rings is 1. The fraction of sp³-hybridized carbons (Fsp3) is 0.600. The molecule has 4 heteroatoms. The summed E-state index contributed by atoms with van der Waals surface area (Å²) in [5, 5.41) is 12.3. The van der Waals surface area contributed by atoms with Crippen molar-refractivity contribution in [1.29, 1.82) is 0 Å². The van der Waals surface area contributed by atoms with Crippen LogP contribution in [0.25, 0.3) is 0 Å². The minimum absolute atomic E-state index is 0.177. The first-order valence-corrected chi connectivity index (χ1v) is 7.12. The van der Waals surface area contributed by atoms with Gasteiger partial charge in [-0.2, -0.15) is 0 Å². The molecule has 0 radical (unpaired) electrons. The maximum absolute atomic E-state index is 12.8. The highest BCUT2D eigenvalue weighted by Gasteiger charge is 2.20. The summed E-state index contributed by atoms with van der Waals surface area (Å²) in [6.45, 7) is 2.92. The van der Waals surface area contributed by atoms with Crippen LogP contribution in [0.3, 0.4) is 0 Å². The van der Waals surface area contributed by atoms with Crippen LogP contribution in [-0.2, 0) is 6.42 Å². The van der Waals surface area contributed by atoms with Crippen molar-refractivity contribution >= 4 is 0 Å². The first-order chi connectivity index (χ1) is 9.29. The Labute approximate surface area is 114 Å². The molecule has 0 spiro atoms. The van der Waals surface area contributed by atoms with Crippen molar-refractivity contribution in [2.45, 2.75) is 31.8 Å². The number of hydrogen-bond acceptors (Lipinski definition) is 3. The van der Waals surface area contributed by atoms with Gasteiger partial charge in [-0.3, -0.25) is 10.2 Å². The highest BCUT2D eigenvalue weighted by molar-refractivity contribution is 5.16. The van der Waals surface area contributed by atoms with Gasteiger partial charge in [0, 0.05) is 13.1 Å². The van der Waals surface area contributed by atoms with Gasteiger partial charge in [-0.15, -0.1) is 0 Å². The molecule has 3 nitrogen and oxygen atoms in total. The van der Waals surface area contributed by atoms with E-state index >= 15 is 0 Å². The molecule has 0 aromatic heterocycles. The highest BCUT2D eigenvalue weighted by Crippen LogP contribution is 2.15. The van der Waals surface area contributed by atoms with E-state index in [9.17, 15) is 4.39 Å². The monoisotopic (exact) mass is 266 g/mol. The van der Waals surface area contributed by atoms with E-state index in [0.29, 0.717) is 12.7 Å². The van der Waals surface area contributed by atoms with Gasteiger partial charge in [0.25, 0.3) is 0 Å². The number of likely N-dealkylation sites (tertiary alicyclic amines) is 1. The van der Waals surface area contributed by atoms with E-state index in [4.69, 9.17) is 5.11 Å². The van der Waals surface area contributed by atoms with E-state index in [1.807, 2.05) is 12.1 Å². The average Bonchev–Trinajstić information content (AvgIpc) is 2.45. The van der Waals surface area contributed by atoms with Gasteiger partial charge in [0.05, 0.1) is 12.8 Å². The summed E-state index contributed by atoms with van der Waals surface area (Å²) >= 11 is 0. The van der Waals surface area contributed by atoms with Crippen LogP contribution in [0.5, 0.6) is 0 Å². The number of nitrogens with zero attached hydrogens (tertiary/aromatic N) is 1. The van der Waals surface area contributed by atoms with Crippen LogP contribution in [0.4, 0.5) is 4.39 Å². The minimum atomic E-state index is -0.177. The van der Waals surface area contributed by atoms with Crippen LogP contribution in [0.2, 0.25) is 0 Å². The number of hydrogen-bond donors (Lipinski definition) is 2. The van der Waals surface area contributed by atoms with Crippen molar-refractivity contribution in [1.82, 2.24) is 10.2 Å². The molecule has 0 aliphatic carbocycles. The van der Waals surface area contributed by atoms with Crippen molar-refractivity contribution in [3.8, 4) is 0 Å². The van der Waals surface area contributed by atoms with Gasteiger partial charge >= 0.3 is 0 Å². The second-order valence-corrected chi connectivity index (χ2v) is 5.10. The molecule has 0 bridgehead atoms. The Morgan fingerprint density at radius 3 is 2.79 bits per heavy atom. The normalized spacial score (nSPS) is 20.6.